The van der Waals surface area contributed by atoms with Crippen LogP contribution in [-0.2, 0) is 11.5 Å². The van der Waals surface area contributed by atoms with Crippen LogP contribution >= 0.6 is 0 Å². The van der Waals surface area contributed by atoms with E-state index in [9.17, 15) is 4.79 Å². The minimum absolute atomic E-state index is 0.249. The van der Waals surface area contributed by atoms with E-state index in [4.69, 9.17) is 4.74 Å². The number of aromatic nitrogens is 3. The molecule has 0 saturated carbocycles. The molecule has 0 spiro atoms. The molecular formula is C19H32N6O2Si. The number of hydrogen-bond donors (Lipinski definition) is 3. The summed E-state index contributed by atoms with van der Waals surface area (Å²) in [6.45, 7) is 9.96. The highest BCUT2D eigenvalue weighted by Crippen LogP contribution is 2.15. The standard InChI is InChI=1S/C19H32N6O2Si/c1-28(2,3)12-11-27-14-25-10-7-16-18(25)22-13-17(23-16)24-19(26)21-9-6-15-5-4-8-20-15/h7,10,13,15,20H,4-6,8-9,11-12,14H2,1-3H3,(H2,21,23,24,26). The summed E-state index contributed by atoms with van der Waals surface area (Å²) in [5, 5.41) is 9.06. The van der Waals surface area contributed by atoms with Crippen molar-refractivity contribution in [3.05, 3.63) is 18.5 Å². The largest absolute Gasteiger partial charge is 0.361 e. The molecule has 3 heterocycles. The van der Waals surface area contributed by atoms with Crippen LogP contribution in [-0.4, -0.2) is 54.4 Å². The Morgan fingerprint density at radius 2 is 2.29 bits per heavy atom. The molecule has 2 aromatic rings. The van der Waals surface area contributed by atoms with E-state index in [0.29, 0.717) is 25.1 Å². The summed E-state index contributed by atoms with van der Waals surface area (Å²) in [4.78, 5) is 21.0. The minimum Gasteiger partial charge on any atom is -0.361 e. The van der Waals surface area contributed by atoms with E-state index in [2.05, 4.69) is 45.6 Å². The van der Waals surface area contributed by atoms with Crippen LogP contribution in [0.15, 0.2) is 18.5 Å². The molecule has 0 aromatic carbocycles. The van der Waals surface area contributed by atoms with Crippen molar-refractivity contribution in [2.24, 2.45) is 0 Å². The lowest BCUT2D eigenvalue weighted by atomic mass is 10.1. The van der Waals surface area contributed by atoms with Crippen molar-refractivity contribution < 1.29 is 9.53 Å². The first kappa shape index (κ1) is 20.8. The summed E-state index contributed by atoms with van der Waals surface area (Å²) in [5.74, 6) is 0.446. The summed E-state index contributed by atoms with van der Waals surface area (Å²) in [7, 11) is -1.09. The van der Waals surface area contributed by atoms with Gasteiger partial charge in [-0.25, -0.2) is 14.8 Å². The Morgan fingerprint density at radius 1 is 1.43 bits per heavy atom. The fourth-order valence-corrected chi connectivity index (χ4v) is 3.95. The number of hydrogen-bond acceptors (Lipinski definition) is 5. The second-order valence-corrected chi connectivity index (χ2v) is 14.2. The smallest absolute Gasteiger partial charge is 0.320 e. The molecule has 1 saturated heterocycles. The predicted octanol–water partition coefficient (Wildman–Crippen LogP) is 3.01. The molecule has 1 aliphatic heterocycles. The first-order valence-electron chi connectivity index (χ1n) is 10.1. The summed E-state index contributed by atoms with van der Waals surface area (Å²) >= 11 is 0. The van der Waals surface area contributed by atoms with Crippen molar-refractivity contribution in [2.45, 2.75) is 57.7 Å². The van der Waals surface area contributed by atoms with Crippen LogP contribution in [0, 0.1) is 0 Å². The summed E-state index contributed by atoms with van der Waals surface area (Å²) in [6, 6.07) is 3.29. The lowest BCUT2D eigenvalue weighted by molar-refractivity contribution is 0.0899. The molecule has 9 heteroatoms. The third-order valence-electron chi connectivity index (χ3n) is 4.87. The van der Waals surface area contributed by atoms with Crippen LogP contribution < -0.4 is 16.0 Å². The fourth-order valence-electron chi connectivity index (χ4n) is 3.19. The van der Waals surface area contributed by atoms with Crippen LogP contribution in [0.3, 0.4) is 0 Å². The summed E-state index contributed by atoms with van der Waals surface area (Å²) in [5.41, 5.74) is 1.49. The highest BCUT2D eigenvalue weighted by molar-refractivity contribution is 6.76. The number of fused-ring (bicyclic) bond motifs is 1. The van der Waals surface area contributed by atoms with Gasteiger partial charge in [0.2, 0.25) is 0 Å². The second kappa shape index (κ2) is 9.49. The quantitative estimate of drug-likeness (QED) is 0.441. The van der Waals surface area contributed by atoms with Gasteiger partial charge in [0.1, 0.15) is 12.2 Å². The van der Waals surface area contributed by atoms with Gasteiger partial charge in [-0.1, -0.05) is 19.6 Å². The lowest BCUT2D eigenvalue weighted by Crippen LogP contribution is -2.33. The Bertz CT molecular complexity index is 782. The molecule has 3 rings (SSSR count). The Labute approximate surface area is 167 Å². The zero-order valence-corrected chi connectivity index (χ0v) is 18.1. The molecular weight excluding hydrogens is 372 g/mol. The van der Waals surface area contributed by atoms with Crippen LogP contribution in [0.25, 0.3) is 11.2 Å². The number of carbonyl (C=O) groups is 1. The molecule has 0 radical (unpaired) electrons. The molecule has 1 fully saturated rings. The maximum Gasteiger partial charge on any atom is 0.320 e. The molecule has 8 nitrogen and oxygen atoms in total. The van der Waals surface area contributed by atoms with Crippen molar-refractivity contribution in [3.8, 4) is 0 Å². The summed E-state index contributed by atoms with van der Waals surface area (Å²) < 4.78 is 7.72. The lowest BCUT2D eigenvalue weighted by Gasteiger charge is -2.15. The number of ether oxygens (including phenoxy) is 1. The van der Waals surface area contributed by atoms with E-state index >= 15 is 0 Å². The molecule has 0 bridgehead atoms. The number of carbonyl (C=O) groups excluding carboxylic acids is 1. The normalized spacial score (nSPS) is 17.2. The van der Waals surface area contributed by atoms with Gasteiger partial charge in [-0.3, -0.25) is 5.32 Å². The van der Waals surface area contributed by atoms with E-state index in [1.165, 1.54) is 12.8 Å². The van der Waals surface area contributed by atoms with Crippen molar-refractivity contribution in [1.29, 1.82) is 0 Å². The van der Waals surface area contributed by atoms with E-state index in [1.807, 2.05) is 16.8 Å². The number of nitrogens with one attached hydrogen (secondary N) is 3. The van der Waals surface area contributed by atoms with Crippen LogP contribution in [0.1, 0.15) is 19.3 Å². The molecule has 2 aromatic heterocycles. The molecule has 1 aliphatic rings. The zero-order chi connectivity index (χ0) is 20.0. The van der Waals surface area contributed by atoms with Crippen LogP contribution in [0.4, 0.5) is 10.6 Å². The SMILES string of the molecule is C[Si](C)(C)CCOCn1ccc2nc(NC(=O)NCCC3CCCN3)cnc21. The van der Waals surface area contributed by atoms with Crippen molar-refractivity contribution in [1.82, 2.24) is 25.2 Å². The van der Waals surface area contributed by atoms with Gasteiger partial charge >= 0.3 is 6.03 Å². The van der Waals surface area contributed by atoms with E-state index in [0.717, 1.165) is 36.8 Å². The van der Waals surface area contributed by atoms with Crippen molar-refractivity contribution in [3.63, 3.8) is 0 Å². The predicted molar refractivity (Wildman–Crippen MR) is 114 cm³/mol. The first-order valence-corrected chi connectivity index (χ1v) is 13.8. The number of anilines is 1. The average molecular weight is 405 g/mol. The van der Waals surface area contributed by atoms with Crippen molar-refractivity contribution in [2.75, 3.05) is 25.0 Å². The van der Waals surface area contributed by atoms with Gasteiger partial charge in [0.05, 0.1) is 6.20 Å². The fraction of sp³-hybridized carbons (Fsp3) is 0.632. The van der Waals surface area contributed by atoms with Gasteiger partial charge < -0.3 is 19.9 Å². The van der Waals surface area contributed by atoms with Crippen LogP contribution in [0.2, 0.25) is 25.7 Å². The van der Waals surface area contributed by atoms with Gasteiger partial charge in [-0.15, -0.1) is 0 Å². The van der Waals surface area contributed by atoms with Gasteiger partial charge in [0, 0.05) is 33.5 Å². The maximum atomic E-state index is 12.1. The molecule has 3 N–H and O–H groups in total. The number of urea groups is 1. The third kappa shape index (κ3) is 6.28. The highest BCUT2D eigenvalue weighted by atomic mass is 28.3. The maximum absolute atomic E-state index is 12.1. The molecule has 28 heavy (non-hydrogen) atoms. The topological polar surface area (TPSA) is 93.1 Å². The minimum atomic E-state index is -1.09. The molecule has 1 atom stereocenters. The molecule has 154 valence electrons. The number of amides is 2. The van der Waals surface area contributed by atoms with E-state index < -0.39 is 8.07 Å². The molecule has 1 unspecified atom stereocenters. The Balaban J connectivity index is 1.46. The van der Waals surface area contributed by atoms with Crippen LogP contribution in [0.5, 0.6) is 0 Å². The molecule has 0 aliphatic carbocycles. The van der Waals surface area contributed by atoms with Crippen molar-refractivity contribution >= 4 is 31.1 Å². The zero-order valence-electron chi connectivity index (χ0n) is 17.1. The molecule has 2 amide bonds. The van der Waals surface area contributed by atoms with Gasteiger partial charge in [-0.2, -0.15) is 0 Å². The summed E-state index contributed by atoms with van der Waals surface area (Å²) in [6.07, 6.45) is 6.84. The second-order valence-electron chi connectivity index (χ2n) is 8.56. The monoisotopic (exact) mass is 404 g/mol. The Hall–Kier alpha value is -1.97. The van der Waals surface area contributed by atoms with E-state index in [1.54, 1.807) is 6.20 Å². The van der Waals surface area contributed by atoms with Gasteiger partial charge in [-0.05, 0) is 37.9 Å². The number of nitrogens with zero attached hydrogens (tertiary/aromatic N) is 3. The van der Waals surface area contributed by atoms with E-state index in [-0.39, 0.29) is 6.03 Å². The third-order valence-corrected chi connectivity index (χ3v) is 6.58. The number of rotatable bonds is 9. The highest BCUT2D eigenvalue weighted by Gasteiger charge is 2.14. The van der Waals surface area contributed by atoms with Gasteiger partial charge in [0.25, 0.3) is 0 Å². The Kier molecular flexibility index (Phi) is 7.03. The van der Waals surface area contributed by atoms with Gasteiger partial charge in [0.15, 0.2) is 11.5 Å². The first-order chi connectivity index (χ1) is 13.4. The Morgan fingerprint density at radius 3 is 3.04 bits per heavy atom. The average Bonchev–Trinajstić information content (AvgIpc) is 3.27.